The van der Waals surface area contributed by atoms with Crippen LogP contribution in [0.4, 0.5) is 0 Å². The topological polar surface area (TPSA) is 47.6 Å². The minimum absolute atomic E-state index is 0.259. The summed E-state index contributed by atoms with van der Waals surface area (Å²) in [6.07, 6.45) is 0. The van der Waals surface area contributed by atoms with Crippen LogP contribution in [-0.2, 0) is 14.3 Å². The second-order valence-electron chi connectivity index (χ2n) is 4.76. The Labute approximate surface area is 92.3 Å². The first-order valence-electron chi connectivity index (χ1n) is 5.22. The summed E-state index contributed by atoms with van der Waals surface area (Å²) in [7, 11) is 1.38. The highest BCUT2D eigenvalue weighted by molar-refractivity contribution is 5.80. The Kier molecular flexibility index (Phi) is 5.24. The molecule has 0 aliphatic rings. The van der Waals surface area contributed by atoms with Gasteiger partial charge in [-0.2, -0.15) is 0 Å². The van der Waals surface area contributed by atoms with Crippen molar-refractivity contribution >= 4 is 5.97 Å². The van der Waals surface area contributed by atoms with Gasteiger partial charge in [0.25, 0.3) is 0 Å². The van der Waals surface area contributed by atoms with Crippen molar-refractivity contribution in [2.45, 2.75) is 45.8 Å². The minimum atomic E-state index is -0.767. The number of methoxy groups -OCH3 is 1. The van der Waals surface area contributed by atoms with Crippen molar-refractivity contribution in [1.29, 1.82) is 0 Å². The summed E-state index contributed by atoms with van der Waals surface area (Å²) < 4.78 is 10.4. The average molecular weight is 217 g/mol. The molecule has 0 heterocycles. The lowest BCUT2D eigenvalue weighted by molar-refractivity contribution is -0.153. The number of carbonyl (C=O) groups is 1. The van der Waals surface area contributed by atoms with Gasteiger partial charge in [0.1, 0.15) is 5.54 Å². The van der Waals surface area contributed by atoms with Crippen molar-refractivity contribution in [2.24, 2.45) is 0 Å². The highest BCUT2D eigenvalue weighted by Gasteiger charge is 2.35. The van der Waals surface area contributed by atoms with Crippen LogP contribution in [0.2, 0.25) is 0 Å². The summed E-state index contributed by atoms with van der Waals surface area (Å²) in [5, 5.41) is 3.08. The molecule has 0 saturated heterocycles. The summed E-state index contributed by atoms with van der Waals surface area (Å²) in [6, 6.07) is 0. The first-order chi connectivity index (χ1) is 6.75. The molecule has 4 nitrogen and oxygen atoms in total. The Morgan fingerprint density at radius 1 is 1.27 bits per heavy atom. The highest BCUT2D eigenvalue weighted by atomic mass is 16.5. The third-order valence-electron chi connectivity index (χ3n) is 2.00. The van der Waals surface area contributed by atoms with Crippen LogP contribution in [0, 0.1) is 0 Å². The van der Waals surface area contributed by atoms with E-state index in [4.69, 9.17) is 9.47 Å². The summed E-state index contributed by atoms with van der Waals surface area (Å²) >= 11 is 0. The molecule has 0 aromatic rings. The van der Waals surface area contributed by atoms with E-state index in [1.165, 1.54) is 7.11 Å². The molecule has 0 aromatic carbocycles. The van der Waals surface area contributed by atoms with Gasteiger partial charge in [0.2, 0.25) is 0 Å². The predicted octanol–water partition coefficient (Wildman–Crippen LogP) is 1.34. The zero-order chi connectivity index (χ0) is 12.1. The van der Waals surface area contributed by atoms with Crippen LogP contribution in [0.5, 0.6) is 0 Å². The summed E-state index contributed by atoms with van der Waals surface area (Å²) in [5.74, 6) is -0.298. The molecule has 0 aliphatic carbocycles. The fourth-order valence-corrected chi connectivity index (χ4v) is 1.16. The molecular weight excluding hydrogens is 194 g/mol. The van der Waals surface area contributed by atoms with E-state index in [1.54, 1.807) is 6.92 Å². The number of hydrogen-bond acceptors (Lipinski definition) is 4. The molecule has 15 heavy (non-hydrogen) atoms. The summed E-state index contributed by atoms with van der Waals surface area (Å²) in [4.78, 5) is 11.6. The third-order valence-corrected chi connectivity index (χ3v) is 2.00. The van der Waals surface area contributed by atoms with Gasteiger partial charge in [-0.05, 0) is 34.2 Å². The molecule has 0 aromatic heterocycles. The Bertz CT molecular complexity index is 210. The molecule has 0 fully saturated rings. The number of ether oxygens (including phenoxy) is 2. The van der Waals surface area contributed by atoms with Gasteiger partial charge >= 0.3 is 5.97 Å². The molecule has 0 aliphatic heterocycles. The molecule has 0 rings (SSSR count). The first-order valence-corrected chi connectivity index (χ1v) is 5.22. The zero-order valence-electron chi connectivity index (χ0n) is 10.6. The van der Waals surface area contributed by atoms with Crippen LogP contribution in [0.25, 0.3) is 0 Å². The van der Waals surface area contributed by atoms with E-state index < -0.39 is 5.54 Å². The monoisotopic (exact) mass is 217 g/mol. The van der Waals surface area contributed by atoms with Gasteiger partial charge in [0.05, 0.1) is 19.3 Å². The van der Waals surface area contributed by atoms with E-state index in [2.05, 4.69) is 5.32 Å². The van der Waals surface area contributed by atoms with E-state index >= 15 is 0 Å². The quantitative estimate of drug-likeness (QED) is 0.706. The van der Waals surface area contributed by atoms with Gasteiger partial charge in [-0.15, -0.1) is 0 Å². The maximum Gasteiger partial charge on any atom is 0.328 e. The lowest BCUT2D eigenvalue weighted by atomic mass is 10.0. The lowest BCUT2D eigenvalue weighted by Gasteiger charge is -2.31. The predicted molar refractivity (Wildman–Crippen MR) is 59.8 cm³/mol. The second-order valence-corrected chi connectivity index (χ2v) is 4.76. The molecule has 0 spiro atoms. The van der Waals surface area contributed by atoms with Crippen molar-refractivity contribution in [2.75, 3.05) is 20.3 Å². The van der Waals surface area contributed by atoms with Gasteiger partial charge in [-0.3, -0.25) is 0 Å². The van der Waals surface area contributed by atoms with Crippen LogP contribution >= 0.6 is 0 Å². The average Bonchev–Trinajstić information content (AvgIpc) is 2.13. The van der Waals surface area contributed by atoms with Crippen LogP contribution in [0.1, 0.15) is 34.6 Å². The Hall–Kier alpha value is -0.610. The van der Waals surface area contributed by atoms with Crippen LogP contribution in [0.15, 0.2) is 0 Å². The maximum absolute atomic E-state index is 11.6. The van der Waals surface area contributed by atoms with Crippen molar-refractivity contribution in [3.63, 3.8) is 0 Å². The smallest absolute Gasteiger partial charge is 0.328 e. The number of nitrogens with one attached hydrogen (secondary N) is 1. The van der Waals surface area contributed by atoms with E-state index in [0.29, 0.717) is 13.2 Å². The van der Waals surface area contributed by atoms with Gasteiger partial charge in [-0.25, -0.2) is 4.79 Å². The Balaban J connectivity index is 4.45. The fourth-order valence-electron chi connectivity index (χ4n) is 1.16. The van der Waals surface area contributed by atoms with E-state index in [1.807, 2.05) is 27.7 Å². The maximum atomic E-state index is 11.6. The summed E-state index contributed by atoms with van der Waals surface area (Å²) in [6.45, 7) is 10.6. The number of likely N-dealkylation sites (N-methyl/N-ethyl adjacent to an activating group) is 1. The van der Waals surface area contributed by atoms with Crippen LogP contribution in [-0.4, -0.2) is 37.4 Å². The highest BCUT2D eigenvalue weighted by Crippen LogP contribution is 2.13. The molecule has 0 saturated carbocycles. The molecule has 1 unspecified atom stereocenters. The second kappa shape index (κ2) is 5.47. The molecule has 0 radical (unpaired) electrons. The summed E-state index contributed by atoms with van der Waals surface area (Å²) in [5.41, 5.74) is -1.03. The normalized spacial score (nSPS) is 15.9. The van der Waals surface area contributed by atoms with Crippen molar-refractivity contribution in [1.82, 2.24) is 5.32 Å². The van der Waals surface area contributed by atoms with E-state index in [-0.39, 0.29) is 11.6 Å². The van der Waals surface area contributed by atoms with Gasteiger partial charge in [-0.1, -0.05) is 6.92 Å². The molecule has 90 valence electrons. The Morgan fingerprint density at radius 2 is 1.80 bits per heavy atom. The third kappa shape index (κ3) is 5.14. The molecule has 0 amide bonds. The number of rotatable bonds is 5. The van der Waals surface area contributed by atoms with Gasteiger partial charge < -0.3 is 14.8 Å². The zero-order valence-corrected chi connectivity index (χ0v) is 10.6. The van der Waals surface area contributed by atoms with Crippen molar-refractivity contribution < 1.29 is 14.3 Å². The standard InChI is InChI=1S/C11H23NO3/c1-7-12-11(5,9(13)14-6)8-15-10(2,3)4/h12H,7-8H2,1-6H3. The van der Waals surface area contributed by atoms with Gasteiger partial charge in [0.15, 0.2) is 0 Å². The SMILES string of the molecule is CCNC(C)(COC(C)(C)C)C(=O)OC. The van der Waals surface area contributed by atoms with Crippen molar-refractivity contribution in [3.05, 3.63) is 0 Å². The molecule has 0 bridgehead atoms. The minimum Gasteiger partial charge on any atom is -0.468 e. The largest absolute Gasteiger partial charge is 0.468 e. The van der Waals surface area contributed by atoms with Gasteiger partial charge in [0, 0.05) is 0 Å². The molecule has 1 N–H and O–H groups in total. The number of hydrogen-bond donors (Lipinski definition) is 1. The van der Waals surface area contributed by atoms with Crippen LogP contribution < -0.4 is 5.32 Å². The number of carbonyl (C=O) groups excluding carboxylic acids is 1. The first kappa shape index (κ1) is 14.4. The van der Waals surface area contributed by atoms with Crippen LogP contribution in [0.3, 0.4) is 0 Å². The fraction of sp³-hybridized carbons (Fsp3) is 0.909. The molecule has 1 atom stereocenters. The Morgan fingerprint density at radius 3 is 2.13 bits per heavy atom. The van der Waals surface area contributed by atoms with Crippen molar-refractivity contribution in [3.8, 4) is 0 Å². The lowest BCUT2D eigenvalue weighted by Crippen LogP contribution is -2.54. The molecular formula is C11H23NO3. The number of esters is 1. The molecule has 4 heteroatoms. The van der Waals surface area contributed by atoms with E-state index in [0.717, 1.165) is 0 Å². The van der Waals surface area contributed by atoms with E-state index in [9.17, 15) is 4.79 Å².